The van der Waals surface area contributed by atoms with Crippen LogP contribution in [0.4, 0.5) is 5.69 Å². The second-order valence-corrected chi connectivity index (χ2v) is 9.15. The van der Waals surface area contributed by atoms with Crippen molar-refractivity contribution in [3.63, 3.8) is 0 Å². The number of carbonyl (C=O) groups excluding carboxylic acids is 3. The molecule has 9 heteroatoms. The zero-order valence-corrected chi connectivity index (χ0v) is 16.1. The number of benzene rings is 2. The van der Waals surface area contributed by atoms with Crippen LogP contribution in [0.15, 0.2) is 36.4 Å². The molecule has 0 aliphatic carbocycles. The summed E-state index contributed by atoms with van der Waals surface area (Å²) in [4.78, 5) is 38.2. The average molecular weight is 411 g/mol. The first kappa shape index (κ1) is 17.9. The van der Waals surface area contributed by atoms with Gasteiger partial charge in [-0.2, -0.15) is 0 Å². The number of rotatable bonds is 2. The van der Waals surface area contributed by atoms with Crippen LogP contribution in [-0.2, 0) is 31.9 Å². The highest BCUT2D eigenvalue weighted by Crippen LogP contribution is 2.40. The second-order valence-electron chi connectivity index (χ2n) is 7.42. The topological polar surface area (TPSA) is 113 Å². The molecule has 2 aromatic rings. The molecule has 148 valence electrons. The van der Waals surface area contributed by atoms with Crippen LogP contribution in [0.5, 0.6) is 0 Å². The van der Waals surface area contributed by atoms with Gasteiger partial charge < -0.3 is 4.90 Å². The maximum absolute atomic E-state index is 13.0. The van der Waals surface area contributed by atoms with E-state index in [4.69, 9.17) is 0 Å². The Labute approximate surface area is 166 Å². The first-order chi connectivity index (χ1) is 13.8. The number of hydrogen-bond acceptors (Lipinski definition) is 5. The molecule has 5 rings (SSSR count). The number of carbonyl (C=O) groups is 3. The molecule has 0 aromatic heterocycles. The number of piperidine rings is 1. The average Bonchev–Trinajstić information content (AvgIpc) is 3.17. The highest BCUT2D eigenvalue weighted by molar-refractivity contribution is 7.92. The lowest BCUT2D eigenvalue weighted by Gasteiger charge is -2.29. The van der Waals surface area contributed by atoms with E-state index in [1.807, 2.05) is 12.1 Å². The SMILES string of the molecule is O=C1CCC(N2Cc3c(cccc3-c3cccc4c3CS(=O)(=O)N4)C2=O)C(=O)N1. The minimum Gasteiger partial charge on any atom is -0.322 e. The van der Waals surface area contributed by atoms with Gasteiger partial charge in [-0.05, 0) is 35.2 Å². The summed E-state index contributed by atoms with van der Waals surface area (Å²) in [6.07, 6.45) is 0.488. The van der Waals surface area contributed by atoms with E-state index in [2.05, 4.69) is 10.0 Å². The van der Waals surface area contributed by atoms with E-state index in [9.17, 15) is 22.8 Å². The van der Waals surface area contributed by atoms with Crippen LogP contribution in [0.3, 0.4) is 0 Å². The Balaban J connectivity index is 1.56. The minimum atomic E-state index is -3.41. The highest BCUT2D eigenvalue weighted by atomic mass is 32.2. The molecule has 2 N–H and O–H groups in total. The molecule has 0 spiro atoms. The molecule has 3 amide bonds. The van der Waals surface area contributed by atoms with Crippen LogP contribution in [0, 0.1) is 0 Å². The van der Waals surface area contributed by atoms with Crippen molar-refractivity contribution < 1.29 is 22.8 Å². The lowest BCUT2D eigenvalue weighted by Crippen LogP contribution is -2.52. The van der Waals surface area contributed by atoms with Crippen LogP contribution in [0.1, 0.15) is 34.3 Å². The maximum atomic E-state index is 13.0. The molecule has 29 heavy (non-hydrogen) atoms. The second kappa shape index (κ2) is 6.15. The zero-order chi connectivity index (χ0) is 20.3. The van der Waals surface area contributed by atoms with E-state index in [1.54, 1.807) is 24.3 Å². The Kier molecular flexibility index (Phi) is 3.79. The summed E-state index contributed by atoms with van der Waals surface area (Å²) in [5.41, 5.74) is 4.02. The van der Waals surface area contributed by atoms with Gasteiger partial charge in [0.15, 0.2) is 0 Å². The predicted octanol–water partition coefficient (Wildman–Crippen LogP) is 1.37. The lowest BCUT2D eigenvalue weighted by atomic mass is 9.93. The molecule has 0 bridgehead atoms. The number of nitrogens with zero attached hydrogens (tertiary/aromatic N) is 1. The van der Waals surface area contributed by atoms with Crippen molar-refractivity contribution in [2.75, 3.05) is 4.72 Å². The third kappa shape index (κ3) is 2.80. The summed E-state index contributed by atoms with van der Waals surface area (Å²) in [5, 5.41) is 2.30. The van der Waals surface area contributed by atoms with Crippen molar-refractivity contribution in [2.24, 2.45) is 0 Å². The largest absolute Gasteiger partial charge is 0.322 e. The summed E-state index contributed by atoms with van der Waals surface area (Å²) >= 11 is 0. The Morgan fingerprint density at radius 2 is 1.62 bits per heavy atom. The van der Waals surface area contributed by atoms with Gasteiger partial charge in [-0.1, -0.05) is 24.3 Å². The molecule has 8 nitrogen and oxygen atoms in total. The van der Waals surface area contributed by atoms with Crippen molar-refractivity contribution in [2.45, 2.75) is 31.2 Å². The summed E-state index contributed by atoms with van der Waals surface area (Å²) in [6, 6.07) is 9.98. The molecule has 2 aromatic carbocycles. The van der Waals surface area contributed by atoms with Crippen molar-refractivity contribution in [1.29, 1.82) is 0 Å². The van der Waals surface area contributed by atoms with Gasteiger partial charge in [-0.3, -0.25) is 24.4 Å². The normalized spacial score (nSPS) is 22.1. The molecule has 3 heterocycles. The quantitative estimate of drug-likeness (QED) is 0.725. The minimum absolute atomic E-state index is 0.118. The third-order valence-electron chi connectivity index (χ3n) is 5.65. The third-order valence-corrected chi connectivity index (χ3v) is 6.85. The predicted molar refractivity (Wildman–Crippen MR) is 104 cm³/mol. The van der Waals surface area contributed by atoms with Crippen LogP contribution >= 0.6 is 0 Å². The van der Waals surface area contributed by atoms with E-state index in [0.717, 1.165) is 16.7 Å². The van der Waals surface area contributed by atoms with Gasteiger partial charge in [0.05, 0.1) is 11.4 Å². The van der Waals surface area contributed by atoms with Crippen molar-refractivity contribution in [1.82, 2.24) is 10.2 Å². The van der Waals surface area contributed by atoms with Gasteiger partial charge in [-0.25, -0.2) is 8.42 Å². The van der Waals surface area contributed by atoms with Crippen LogP contribution < -0.4 is 10.0 Å². The fourth-order valence-corrected chi connectivity index (χ4v) is 5.61. The molecule has 0 saturated carbocycles. The number of fused-ring (bicyclic) bond motifs is 2. The summed E-state index contributed by atoms with van der Waals surface area (Å²) in [6.45, 7) is 0.237. The smallest absolute Gasteiger partial charge is 0.255 e. The first-order valence-corrected chi connectivity index (χ1v) is 10.9. The van der Waals surface area contributed by atoms with Crippen molar-refractivity contribution in [3.8, 4) is 11.1 Å². The van der Waals surface area contributed by atoms with Crippen LogP contribution in [-0.4, -0.2) is 37.1 Å². The molecule has 1 atom stereocenters. The standard InChI is InChI=1S/C20H17N3O5S/c24-18-8-7-17(19(25)21-18)23-9-14-11(3-1-5-13(14)20(23)26)12-4-2-6-16-15(12)10-29(27,28)22-16/h1-6,17,22H,7-10H2,(H,21,24,25). The number of sulfonamides is 1. The van der Waals surface area contributed by atoms with E-state index < -0.39 is 22.0 Å². The molecule has 0 radical (unpaired) electrons. The molecular formula is C20H17N3O5S. The van der Waals surface area contributed by atoms with Crippen molar-refractivity contribution >= 4 is 33.4 Å². The molecule has 3 aliphatic rings. The van der Waals surface area contributed by atoms with Crippen molar-refractivity contribution in [3.05, 3.63) is 53.1 Å². The summed E-state index contributed by atoms with van der Waals surface area (Å²) in [5.74, 6) is -1.16. The number of anilines is 1. The fourth-order valence-electron chi connectivity index (χ4n) is 4.32. The zero-order valence-electron chi connectivity index (χ0n) is 15.3. The molecular weight excluding hydrogens is 394 g/mol. The molecule has 3 aliphatic heterocycles. The van der Waals surface area contributed by atoms with Crippen LogP contribution in [0.2, 0.25) is 0 Å². The van der Waals surface area contributed by atoms with E-state index in [-0.39, 0.29) is 30.5 Å². The molecule has 1 fully saturated rings. The Morgan fingerprint density at radius 1 is 0.931 bits per heavy atom. The number of imide groups is 1. The van der Waals surface area contributed by atoms with E-state index >= 15 is 0 Å². The number of amides is 3. The molecule has 1 unspecified atom stereocenters. The van der Waals surface area contributed by atoms with Gasteiger partial charge in [-0.15, -0.1) is 0 Å². The van der Waals surface area contributed by atoms with Gasteiger partial charge in [0, 0.05) is 24.1 Å². The summed E-state index contributed by atoms with van der Waals surface area (Å²) in [7, 11) is -3.41. The van der Waals surface area contributed by atoms with E-state index in [0.29, 0.717) is 23.2 Å². The number of nitrogens with one attached hydrogen (secondary N) is 2. The number of hydrogen-bond donors (Lipinski definition) is 2. The van der Waals surface area contributed by atoms with E-state index in [1.165, 1.54) is 4.90 Å². The van der Waals surface area contributed by atoms with Gasteiger partial charge in [0.25, 0.3) is 5.91 Å². The highest BCUT2D eigenvalue weighted by Gasteiger charge is 2.40. The molecule has 1 saturated heterocycles. The monoisotopic (exact) mass is 411 g/mol. The fraction of sp³-hybridized carbons (Fsp3) is 0.250. The van der Waals surface area contributed by atoms with Gasteiger partial charge in [0.1, 0.15) is 6.04 Å². The maximum Gasteiger partial charge on any atom is 0.255 e. The Bertz CT molecular complexity index is 1200. The Hall–Kier alpha value is -3.20. The van der Waals surface area contributed by atoms with Gasteiger partial charge in [0.2, 0.25) is 21.8 Å². The lowest BCUT2D eigenvalue weighted by molar-refractivity contribution is -0.136. The summed E-state index contributed by atoms with van der Waals surface area (Å²) < 4.78 is 26.6. The van der Waals surface area contributed by atoms with Crippen LogP contribution in [0.25, 0.3) is 11.1 Å². The van der Waals surface area contributed by atoms with Gasteiger partial charge >= 0.3 is 0 Å². The Morgan fingerprint density at radius 3 is 2.38 bits per heavy atom. The first-order valence-electron chi connectivity index (χ1n) is 9.23.